The van der Waals surface area contributed by atoms with Crippen molar-refractivity contribution >= 4 is 62.2 Å². The van der Waals surface area contributed by atoms with E-state index in [4.69, 9.17) is 23.8 Å². The third-order valence-electron chi connectivity index (χ3n) is 3.04. The summed E-state index contributed by atoms with van der Waals surface area (Å²) in [5.41, 5.74) is 4.95. The van der Waals surface area contributed by atoms with Gasteiger partial charge in [0.25, 0.3) is 5.91 Å². The van der Waals surface area contributed by atoms with Crippen LogP contribution in [-0.2, 0) is 4.79 Å². The molecule has 0 spiro atoms. The smallest absolute Gasteiger partial charge is 0.269 e. The lowest BCUT2D eigenvalue weighted by Crippen LogP contribution is -2.48. The lowest BCUT2D eigenvalue weighted by molar-refractivity contribution is -0.121. The topological polar surface area (TPSA) is 70.2 Å². The second-order valence-electron chi connectivity index (χ2n) is 4.80. The molecule has 2 amide bonds. The minimum atomic E-state index is -0.406. The first-order chi connectivity index (χ1) is 11.0. The third kappa shape index (κ3) is 4.63. The van der Waals surface area contributed by atoms with E-state index in [1.165, 1.54) is 11.3 Å². The molecular formula is C15H16ClN3O2S2. The normalized spacial score (nSPS) is 10.3. The van der Waals surface area contributed by atoms with Gasteiger partial charge in [-0.15, -0.1) is 11.3 Å². The lowest BCUT2D eigenvalue weighted by atomic mass is 10.2. The molecule has 0 fully saturated rings. The Balaban J connectivity index is 1.94. The molecule has 0 atom stereocenters. The van der Waals surface area contributed by atoms with Crippen LogP contribution < -0.4 is 16.2 Å². The number of benzene rings is 1. The molecule has 3 N–H and O–H groups in total. The van der Waals surface area contributed by atoms with Gasteiger partial charge in [-0.3, -0.25) is 25.8 Å². The van der Waals surface area contributed by atoms with Crippen LogP contribution in [0.2, 0.25) is 5.02 Å². The summed E-state index contributed by atoms with van der Waals surface area (Å²) in [5, 5.41) is 3.75. The van der Waals surface area contributed by atoms with Gasteiger partial charge in [0.15, 0.2) is 5.11 Å². The van der Waals surface area contributed by atoms with Gasteiger partial charge in [0.1, 0.15) is 4.88 Å². The van der Waals surface area contributed by atoms with Crippen LogP contribution in [-0.4, -0.2) is 16.9 Å². The number of nitrogens with one attached hydrogen (secondary N) is 3. The Morgan fingerprint density at radius 1 is 1.26 bits per heavy atom. The van der Waals surface area contributed by atoms with Crippen LogP contribution in [0.1, 0.15) is 35.9 Å². The van der Waals surface area contributed by atoms with E-state index < -0.39 is 5.91 Å². The number of hydrazine groups is 1. The van der Waals surface area contributed by atoms with E-state index in [0.717, 1.165) is 22.9 Å². The van der Waals surface area contributed by atoms with Crippen molar-refractivity contribution in [3.05, 3.63) is 34.2 Å². The number of halogens is 1. The summed E-state index contributed by atoms with van der Waals surface area (Å²) >= 11 is 12.5. The number of rotatable bonds is 4. The Kier molecular flexibility index (Phi) is 6.32. The van der Waals surface area contributed by atoms with Crippen molar-refractivity contribution in [3.63, 3.8) is 0 Å². The average Bonchev–Trinajstić information content (AvgIpc) is 2.88. The highest BCUT2D eigenvalue weighted by atomic mass is 35.5. The Labute approximate surface area is 148 Å². The SMILES string of the molecule is CCCCC(=O)NNC(=S)NC(=O)c1sc2ccccc2c1Cl. The molecule has 122 valence electrons. The van der Waals surface area contributed by atoms with Crippen LogP contribution in [0.15, 0.2) is 24.3 Å². The number of unbranched alkanes of at least 4 members (excludes halogenated alkanes) is 1. The van der Waals surface area contributed by atoms with E-state index in [2.05, 4.69) is 16.2 Å². The largest absolute Gasteiger partial charge is 0.297 e. The first-order valence-electron chi connectivity index (χ1n) is 7.10. The Morgan fingerprint density at radius 3 is 2.70 bits per heavy atom. The maximum Gasteiger partial charge on any atom is 0.269 e. The zero-order chi connectivity index (χ0) is 16.8. The molecule has 1 aromatic heterocycles. The second-order valence-corrected chi connectivity index (χ2v) is 6.64. The Hall–Kier alpha value is -1.70. The van der Waals surface area contributed by atoms with Gasteiger partial charge >= 0.3 is 0 Å². The van der Waals surface area contributed by atoms with Crippen molar-refractivity contribution in [1.82, 2.24) is 16.2 Å². The monoisotopic (exact) mass is 369 g/mol. The minimum absolute atomic E-state index is 0.0216. The molecule has 0 aliphatic rings. The van der Waals surface area contributed by atoms with Crippen molar-refractivity contribution in [2.24, 2.45) is 0 Å². The van der Waals surface area contributed by atoms with Crippen molar-refractivity contribution in [3.8, 4) is 0 Å². The molecule has 2 rings (SSSR count). The van der Waals surface area contributed by atoms with Gasteiger partial charge < -0.3 is 0 Å². The molecule has 2 aromatic rings. The van der Waals surface area contributed by atoms with Crippen molar-refractivity contribution in [1.29, 1.82) is 0 Å². The van der Waals surface area contributed by atoms with E-state index >= 15 is 0 Å². The van der Waals surface area contributed by atoms with E-state index in [-0.39, 0.29) is 11.0 Å². The van der Waals surface area contributed by atoms with Crippen LogP contribution in [0.4, 0.5) is 0 Å². The van der Waals surface area contributed by atoms with Gasteiger partial charge in [0, 0.05) is 16.5 Å². The first kappa shape index (κ1) is 17.7. The van der Waals surface area contributed by atoms with E-state index in [1.54, 1.807) is 0 Å². The molecule has 1 heterocycles. The summed E-state index contributed by atoms with van der Waals surface area (Å²) in [6.45, 7) is 2.00. The molecule has 0 radical (unpaired) electrons. The van der Waals surface area contributed by atoms with E-state index in [1.807, 2.05) is 31.2 Å². The molecule has 0 aliphatic carbocycles. The molecule has 0 bridgehead atoms. The number of hydrogen-bond acceptors (Lipinski definition) is 4. The fourth-order valence-electron chi connectivity index (χ4n) is 1.88. The number of thiophene rings is 1. The van der Waals surface area contributed by atoms with Crippen LogP contribution in [0.3, 0.4) is 0 Å². The molecule has 23 heavy (non-hydrogen) atoms. The van der Waals surface area contributed by atoms with Crippen molar-refractivity contribution in [2.45, 2.75) is 26.2 Å². The highest BCUT2D eigenvalue weighted by Gasteiger charge is 2.17. The minimum Gasteiger partial charge on any atom is -0.297 e. The Morgan fingerprint density at radius 2 is 2.00 bits per heavy atom. The van der Waals surface area contributed by atoms with Gasteiger partial charge in [-0.05, 0) is 24.7 Å². The van der Waals surface area contributed by atoms with E-state index in [0.29, 0.717) is 16.3 Å². The molecule has 0 saturated carbocycles. The quantitative estimate of drug-likeness (QED) is 0.570. The second kappa shape index (κ2) is 8.24. The highest BCUT2D eigenvalue weighted by molar-refractivity contribution is 7.80. The molecular weight excluding hydrogens is 354 g/mol. The molecule has 0 saturated heterocycles. The van der Waals surface area contributed by atoms with E-state index in [9.17, 15) is 9.59 Å². The number of thiocarbonyl (C=S) groups is 1. The highest BCUT2D eigenvalue weighted by Crippen LogP contribution is 2.34. The summed E-state index contributed by atoms with van der Waals surface area (Å²) < 4.78 is 0.925. The Bertz CT molecular complexity index is 745. The maximum atomic E-state index is 12.2. The zero-order valence-corrected chi connectivity index (χ0v) is 14.8. The summed E-state index contributed by atoms with van der Waals surface area (Å²) in [6, 6.07) is 7.50. The molecule has 8 heteroatoms. The predicted molar refractivity (Wildman–Crippen MR) is 97.7 cm³/mol. The predicted octanol–water partition coefficient (Wildman–Crippen LogP) is 3.38. The van der Waals surface area contributed by atoms with Gasteiger partial charge in [0.05, 0.1) is 5.02 Å². The third-order valence-corrected chi connectivity index (χ3v) is 4.92. The van der Waals surface area contributed by atoms with Gasteiger partial charge in [0.2, 0.25) is 5.91 Å². The van der Waals surface area contributed by atoms with Crippen molar-refractivity contribution < 1.29 is 9.59 Å². The number of hydrogen-bond donors (Lipinski definition) is 3. The van der Waals surface area contributed by atoms with Gasteiger partial charge in [-0.2, -0.15) is 0 Å². The maximum absolute atomic E-state index is 12.2. The van der Waals surface area contributed by atoms with Crippen molar-refractivity contribution in [2.75, 3.05) is 0 Å². The van der Waals surface area contributed by atoms with Crippen LogP contribution in [0.5, 0.6) is 0 Å². The van der Waals surface area contributed by atoms with Gasteiger partial charge in [-0.1, -0.05) is 43.1 Å². The number of fused-ring (bicyclic) bond motifs is 1. The summed E-state index contributed by atoms with van der Waals surface area (Å²) in [7, 11) is 0. The standard InChI is InChI=1S/C15H16ClN3O2S2/c1-2-3-8-11(20)18-19-15(22)17-14(21)13-12(16)9-6-4-5-7-10(9)23-13/h4-7H,2-3,8H2,1H3,(H,18,20)(H2,17,19,21,22). The fourth-order valence-corrected chi connectivity index (χ4v) is 3.43. The lowest BCUT2D eigenvalue weighted by Gasteiger charge is -2.10. The zero-order valence-electron chi connectivity index (χ0n) is 12.4. The summed E-state index contributed by atoms with van der Waals surface area (Å²) in [4.78, 5) is 24.1. The molecule has 0 aliphatic heterocycles. The summed E-state index contributed by atoms with van der Waals surface area (Å²) in [5.74, 6) is -0.583. The number of carbonyl (C=O) groups excluding carboxylic acids is 2. The number of amides is 2. The first-order valence-corrected chi connectivity index (χ1v) is 8.70. The van der Waals surface area contributed by atoms with Crippen LogP contribution in [0.25, 0.3) is 10.1 Å². The fraction of sp³-hybridized carbons (Fsp3) is 0.267. The van der Waals surface area contributed by atoms with Gasteiger partial charge in [-0.25, -0.2) is 0 Å². The van der Waals surface area contributed by atoms with Crippen LogP contribution in [0, 0.1) is 0 Å². The molecule has 1 aromatic carbocycles. The summed E-state index contributed by atoms with van der Waals surface area (Å²) in [6.07, 6.45) is 2.13. The number of carbonyl (C=O) groups is 2. The molecule has 5 nitrogen and oxygen atoms in total. The van der Waals surface area contributed by atoms with Crippen LogP contribution >= 0.6 is 35.2 Å². The average molecular weight is 370 g/mol. The molecule has 0 unspecified atom stereocenters.